The minimum atomic E-state index is -2.95. The van der Waals surface area contributed by atoms with Crippen LogP contribution >= 0.6 is 0 Å². The molecule has 0 atom stereocenters. The van der Waals surface area contributed by atoms with Gasteiger partial charge in [0.2, 0.25) is 0 Å². The molecule has 4 nitrogen and oxygen atoms in total. The average Bonchev–Trinajstić information content (AvgIpc) is 2.36. The third kappa shape index (κ3) is 6.74. The van der Waals surface area contributed by atoms with Crippen molar-refractivity contribution in [1.29, 1.82) is 0 Å². The zero-order chi connectivity index (χ0) is 13.3. The van der Waals surface area contributed by atoms with Crippen LogP contribution in [-0.4, -0.2) is 40.2 Å². The van der Waals surface area contributed by atoms with E-state index in [2.05, 4.69) is 5.32 Å². The lowest BCUT2D eigenvalue weighted by Crippen LogP contribution is -2.24. The van der Waals surface area contributed by atoms with Gasteiger partial charge in [-0.05, 0) is 12.0 Å². The SMILES string of the molecule is COCCCS(=O)(=O)CCNCc1ccccc1. The van der Waals surface area contributed by atoms with E-state index in [4.69, 9.17) is 4.74 Å². The molecule has 0 aromatic heterocycles. The minimum Gasteiger partial charge on any atom is -0.385 e. The van der Waals surface area contributed by atoms with Gasteiger partial charge in [-0.2, -0.15) is 0 Å². The molecule has 0 unspecified atom stereocenters. The van der Waals surface area contributed by atoms with Gasteiger partial charge in [0.1, 0.15) is 0 Å². The van der Waals surface area contributed by atoms with E-state index in [9.17, 15) is 8.42 Å². The lowest BCUT2D eigenvalue weighted by Gasteiger charge is -2.06. The van der Waals surface area contributed by atoms with Crippen LogP contribution in [0.2, 0.25) is 0 Å². The second-order valence-corrected chi connectivity index (χ2v) is 6.46. The molecule has 1 aromatic rings. The summed E-state index contributed by atoms with van der Waals surface area (Å²) in [7, 11) is -1.37. The highest BCUT2D eigenvalue weighted by molar-refractivity contribution is 7.91. The summed E-state index contributed by atoms with van der Waals surface area (Å²) in [5.74, 6) is 0.386. The highest BCUT2D eigenvalue weighted by Gasteiger charge is 2.09. The molecule has 0 amide bonds. The zero-order valence-corrected chi connectivity index (χ0v) is 11.6. The molecule has 0 bridgehead atoms. The molecule has 0 heterocycles. The van der Waals surface area contributed by atoms with Crippen molar-refractivity contribution >= 4 is 9.84 Å². The number of benzene rings is 1. The van der Waals surface area contributed by atoms with Crippen LogP contribution in [-0.2, 0) is 21.1 Å². The maximum absolute atomic E-state index is 11.6. The van der Waals surface area contributed by atoms with E-state index < -0.39 is 9.84 Å². The molecule has 1 rings (SSSR count). The summed E-state index contributed by atoms with van der Waals surface area (Å²) in [4.78, 5) is 0. The molecule has 0 aliphatic rings. The Labute approximate surface area is 109 Å². The molecule has 1 N–H and O–H groups in total. The summed E-state index contributed by atoms with van der Waals surface area (Å²) in [6.07, 6.45) is 0.567. The Hall–Kier alpha value is -0.910. The Balaban J connectivity index is 2.17. The van der Waals surface area contributed by atoms with Gasteiger partial charge in [-0.3, -0.25) is 0 Å². The van der Waals surface area contributed by atoms with Gasteiger partial charge in [-0.15, -0.1) is 0 Å². The molecule has 102 valence electrons. The predicted octanol–water partition coefficient (Wildman–Crippen LogP) is 1.23. The molecule has 1 aromatic carbocycles. The molecule has 0 fully saturated rings. The summed E-state index contributed by atoms with van der Waals surface area (Å²) in [5, 5.41) is 3.14. The van der Waals surface area contributed by atoms with Crippen molar-refractivity contribution in [2.75, 3.05) is 31.8 Å². The van der Waals surface area contributed by atoms with Crippen LogP contribution in [0.3, 0.4) is 0 Å². The summed E-state index contributed by atoms with van der Waals surface area (Å²) < 4.78 is 28.1. The van der Waals surface area contributed by atoms with Crippen LogP contribution in [0.4, 0.5) is 0 Å². The standard InChI is InChI=1S/C13H21NO3S/c1-17-9-5-10-18(15,16)11-8-14-12-13-6-3-2-4-7-13/h2-4,6-7,14H,5,8-12H2,1H3. The highest BCUT2D eigenvalue weighted by Crippen LogP contribution is 1.98. The Morgan fingerprint density at radius 1 is 1.17 bits per heavy atom. The van der Waals surface area contributed by atoms with Gasteiger partial charge in [-0.1, -0.05) is 30.3 Å². The van der Waals surface area contributed by atoms with Crippen molar-refractivity contribution in [1.82, 2.24) is 5.32 Å². The third-order valence-electron chi connectivity index (χ3n) is 2.57. The summed E-state index contributed by atoms with van der Waals surface area (Å²) in [6.45, 7) is 1.69. The largest absolute Gasteiger partial charge is 0.385 e. The number of rotatable bonds is 9. The van der Waals surface area contributed by atoms with E-state index in [1.807, 2.05) is 30.3 Å². The fourth-order valence-electron chi connectivity index (χ4n) is 1.58. The number of ether oxygens (including phenoxy) is 1. The summed E-state index contributed by atoms with van der Waals surface area (Å²) in [6, 6.07) is 9.93. The third-order valence-corrected chi connectivity index (χ3v) is 4.30. The van der Waals surface area contributed by atoms with E-state index in [0.29, 0.717) is 26.1 Å². The lowest BCUT2D eigenvalue weighted by molar-refractivity contribution is 0.199. The number of methoxy groups -OCH3 is 1. The first-order valence-corrected chi connectivity index (χ1v) is 7.90. The smallest absolute Gasteiger partial charge is 0.151 e. The second kappa shape index (κ2) is 8.24. The van der Waals surface area contributed by atoms with E-state index in [-0.39, 0.29) is 11.5 Å². The van der Waals surface area contributed by atoms with Crippen LogP contribution in [0, 0.1) is 0 Å². The van der Waals surface area contributed by atoms with Crippen molar-refractivity contribution in [2.45, 2.75) is 13.0 Å². The molecule has 0 aliphatic heterocycles. The summed E-state index contributed by atoms with van der Waals surface area (Å²) in [5.41, 5.74) is 1.16. The molecular formula is C13H21NO3S. The fraction of sp³-hybridized carbons (Fsp3) is 0.538. The van der Waals surface area contributed by atoms with Crippen molar-refractivity contribution in [2.24, 2.45) is 0 Å². The summed E-state index contributed by atoms with van der Waals surface area (Å²) >= 11 is 0. The molecule has 0 aliphatic carbocycles. The first kappa shape index (κ1) is 15.1. The van der Waals surface area contributed by atoms with Crippen LogP contribution in [0.15, 0.2) is 30.3 Å². The van der Waals surface area contributed by atoms with Crippen LogP contribution in [0.5, 0.6) is 0 Å². The number of nitrogens with one attached hydrogen (secondary N) is 1. The highest BCUT2D eigenvalue weighted by atomic mass is 32.2. The molecule has 5 heteroatoms. The molecule has 0 saturated heterocycles. The van der Waals surface area contributed by atoms with Crippen molar-refractivity contribution in [3.63, 3.8) is 0 Å². The Morgan fingerprint density at radius 3 is 2.56 bits per heavy atom. The Bertz CT molecular complexity index is 417. The maximum Gasteiger partial charge on any atom is 0.151 e. The van der Waals surface area contributed by atoms with E-state index in [0.717, 1.165) is 5.56 Å². The molecule has 0 radical (unpaired) electrons. The lowest BCUT2D eigenvalue weighted by atomic mass is 10.2. The van der Waals surface area contributed by atoms with Gasteiger partial charge in [0, 0.05) is 26.8 Å². The minimum absolute atomic E-state index is 0.184. The van der Waals surface area contributed by atoms with E-state index >= 15 is 0 Å². The van der Waals surface area contributed by atoms with Crippen molar-refractivity contribution in [3.8, 4) is 0 Å². The van der Waals surface area contributed by atoms with Crippen LogP contribution in [0.1, 0.15) is 12.0 Å². The first-order chi connectivity index (χ1) is 8.64. The monoisotopic (exact) mass is 271 g/mol. The van der Waals surface area contributed by atoms with Gasteiger partial charge in [0.25, 0.3) is 0 Å². The van der Waals surface area contributed by atoms with Gasteiger partial charge >= 0.3 is 0 Å². The van der Waals surface area contributed by atoms with E-state index in [1.54, 1.807) is 7.11 Å². The predicted molar refractivity (Wildman–Crippen MR) is 73.3 cm³/mol. The first-order valence-electron chi connectivity index (χ1n) is 6.08. The number of hydrogen-bond acceptors (Lipinski definition) is 4. The number of hydrogen-bond donors (Lipinski definition) is 1. The zero-order valence-electron chi connectivity index (χ0n) is 10.8. The Kier molecular flexibility index (Phi) is 6.93. The van der Waals surface area contributed by atoms with Gasteiger partial charge in [-0.25, -0.2) is 8.42 Å². The Morgan fingerprint density at radius 2 is 1.89 bits per heavy atom. The maximum atomic E-state index is 11.6. The van der Waals surface area contributed by atoms with Gasteiger partial charge in [0.15, 0.2) is 9.84 Å². The van der Waals surface area contributed by atoms with Crippen molar-refractivity contribution < 1.29 is 13.2 Å². The molecule has 0 spiro atoms. The molecule has 18 heavy (non-hydrogen) atoms. The van der Waals surface area contributed by atoms with Crippen LogP contribution in [0.25, 0.3) is 0 Å². The normalized spacial score (nSPS) is 11.6. The van der Waals surface area contributed by atoms with Crippen molar-refractivity contribution in [3.05, 3.63) is 35.9 Å². The topological polar surface area (TPSA) is 55.4 Å². The second-order valence-electron chi connectivity index (χ2n) is 4.16. The quantitative estimate of drug-likeness (QED) is 0.686. The van der Waals surface area contributed by atoms with Gasteiger partial charge in [0.05, 0.1) is 11.5 Å². The average molecular weight is 271 g/mol. The van der Waals surface area contributed by atoms with E-state index in [1.165, 1.54) is 0 Å². The van der Waals surface area contributed by atoms with Gasteiger partial charge < -0.3 is 10.1 Å². The number of sulfone groups is 1. The fourth-order valence-corrected chi connectivity index (χ4v) is 2.80. The molecular weight excluding hydrogens is 250 g/mol. The molecule has 0 saturated carbocycles. The van der Waals surface area contributed by atoms with Crippen LogP contribution < -0.4 is 5.32 Å².